The first-order chi connectivity index (χ1) is 13.0. The average Bonchev–Trinajstić information content (AvgIpc) is 3.21. The molecule has 1 amide bonds. The maximum atomic E-state index is 13.1. The molecular formula is C21H26N4OS. The maximum Gasteiger partial charge on any atom is 0.223 e. The highest BCUT2D eigenvalue weighted by Gasteiger charge is 2.30. The molecule has 1 aromatic carbocycles. The molecule has 1 aliphatic heterocycles. The molecule has 1 fully saturated rings. The molecule has 1 unspecified atom stereocenters. The number of hydrogen-bond donors (Lipinski definition) is 0. The zero-order valence-corrected chi connectivity index (χ0v) is 17.1. The molecule has 1 atom stereocenters. The molecule has 27 heavy (non-hydrogen) atoms. The molecule has 3 aromatic rings. The highest BCUT2D eigenvalue weighted by atomic mass is 32.1. The summed E-state index contributed by atoms with van der Waals surface area (Å²) in [5.41, 5.74) is 4.43. The van der Waals surface area contributed by atoms with E-state index in [0.29, 0.717) is 6.42 Å². The standard InChI is InChI=1S/C21H26N4OS/c1-14-16(15(2)24(3)23-14)11-12-20(26)25-13-7-6-9-18(25)21-22-17-8-4-5-10-19(17)27-21/h4-5,8,10,18H,6-7,9,11-13H2,1-3H3. The first-order valence-corrected chi connectivity index (χ1v) is 10.5. The van der Waals surface area contributed by atoms with Crippen LogP contribution in [-0.2, 0) is 18.3 Å². The van der Waals surface area contributed by atoms with Crippen LogP contribution in [-0.4, -0.2) is 32.1 Å². The van der Waals surface area contributed by atoms with Crippen molar-refractivity contribution >= 4 is 27.5 Å². The van der Waals surface area contributed by atoms with Crippen molar-refractivity contribution in [2.45, 2.75) is 52.0 Å². The number of carbonyl (C=O) groups is 1. The third-order valence-corrected chi connectivity index (χ3v) is 6.80. The van der Waals surface area contributed by atoms with Crippen LogP contribution in [0, 0.1) is 13.8 Å². The molecule has 1 saturated heterocycles. The van der Waals surface area contributed by atoms with Crippen LogP contribution in [0.3, 0.4) is 0 Å². The highest BCUT2D eigenvalue weighted by molar-refractivity contribution is 7.18. The van der Waals surface area contributed by atoms with Gasteiger partial charge in [0.2, 0.25) is 5.91 Å². The van der Waals surface area contributed by atoms with Crippen molar-refractivity contribution in [1.29, 1.82) is 0 Å². The van der Waals surface area contributed by atoms with Gasteiger partial charge in [0, 0.05) is 25.7 Å². The quantitative estimate of drug-likeness (QED) is 0.675. The maximum absolute atomic E-state index is 13.1. The highest BCUT2D eigenvalue weighted by Crippen LogP contribution is 2.36. The number of nitrogens with zero attached hydrogens (tertiary/aromatic N) is 4. The fraction of sp³-hybridized carbons (Fsp3) is 0.476. The number of para-hydroxylation sites is 1. The Kier molecular flexibility index (Phi) is 5.00. The molecule has 2 aromatic heterocycles. The number of piperidine rings is 1. The van der Waals surface area contributed by atoms with Crippen molar-refractivity contribution in [1.82, 2.24) is 19.7 Å². The minimum absolute atomic E-state index is 0.125. The molecule has 0 aliphatic carbocycles. The number of amides is 1. The number of rotatable bonds is 4. The van der Waals surface area contributed by atoms with Crippen molar-refractivity contribution in [3.05, 3.63) is 46.2 Å². The molecule has 5 nitrogen and oxygen atoms in total. The zero-order chi connectivity index (χ0) is 19.0. The average molecular weight is 383 g/mol. The number of fused-ring (bicyclic) bond motifs is 1. The fourth-order valence-corrected chi connectivity index (χ4v) is 5.19. The topological polar surface area (TPSA) is 51.0 Å². The van der Waals surface area contributed by atoms with Gasteiger partial charge in [0.1, 0.15) is 5.01 Å². The molecular weight excluding hydrogens is 356 g/mol. The Morgan fingerprint density at radius 3 is 2.81 bits per heavy atom. The van der Waals surface area contributed by atoms with Gasteiger partial charge >= 0.3 is 0 Å². The summed E-state index contributed by atoms with van der Waals surface area (Å²) in [4.78, 5) is 20.0. The normalized spacial score (nSPS) is 17.6. The lowest BCUT2D eigenvalue weighted by atomic mass is 10.0. The molecule has 0 spiro atoms. The minimum Gasteiger partial charge on any atom is -0.333 e. The molecule has 0 bridgehead atoms. The Morgan fingerprint density at radius 2 is 2.07 bits per heavy atom. The van der Waals surface area contributed by atoms with Crippen molar-refractivity contribution < 1.29 is 4.79 Å². The first kappa shape index (κ1) is 18.2. The van der Waals surface area contributed by atoms with Crippen LogP contribution in [0.15, 0.2) is 24.3 Å². The van der Waals surface area contributed by atoms with Gasteiger partial charge in [-0.2, -0.15) is 5.10 Å². The van der Waals surface area contributed by atoms with Gasteiger partial charge in [-0.15, -0.1) is 11.3 Å². The monoisotopic (exact) mass is 382 g/mol. The van der Waals surface area contributed by atoms with Gasteiger partial charge < -0.3 is 4.90 Å². The number of thiazole rings is 1. The second kappa shape index (κ2) is 7.43. The van der Waals surface area contributed by atoms with Crippen LogP contribution >= 0.6 is 11.3 Å². The van der Waals surface area contributed by atoms with E-state index in [4.69, 9.17) is 4.98 Å². The van der Waals surface area contributed by atoms with Crippen LogP contribution in [0.5, 0.6) is 0 Å². The predicted molar refractivity (Wildman–Crippen MR) is 109 cm³/mol. The zero-order valence-electron chi connectivity index (χ0n) is 16.2. The number of likely N-dealkylation sites (tertiary alicyclic amines) is 1. The van der Waals surface area contributed by atoms with E-state index in [1.54, 1.807) is 11.3 Å². The van der Waals surface area contributed by atoms with Crippen molar-refractivity contribution in [3.63, 3.8) is 0 Å². The first-order valence-electron chi connectivity index (χ1n) is 9.68. The van der Waals surface area contributed by atoms with Gasteiger partial charge in [0.25, 0.3) is 0 Å². The van der Waals surface area contributed by atoms with E-state index in [0.717, 1.165) is 54.1 Å². The molecule has 3 heterocycles. The molecule has 4 rings (SSSR count). The summed E-state index contributed by atoms with van der Waals surface area (Å²) >= 11 is 1.73. The number of benzene rings is 1. The third-order valence-electron chi connectivity index (χ3n) is 5.67. The van der Waals surface area contributed by atoms with E-state index >= 15 is 0 Å². The van der Waals surface area contributed by atoms with Gasteiger partial charge in [-0.25, -0.2) is 4.98 Å². The van der Waals surface area contributed by atoms with Gasteiger partial charge in [-0.05, 0) is 57.2 Å². The number of aryl methyl sites for hydroxylation is 2. The van der Waals surface area contributed by atoms with Crippen LogP contribution in [0.4, 0.5) is 0 Å². The summed E-state index contributed by atoms with van der Waals surface area (Å²) in [6, 6.07) is 8.36. The molecule has 0 saturated carbocycles. The van der Waals surface area contributed by atoms with Crippen LogP contribution < -0.4 is 0 Å². The Hall–Kier alpha value is -2.21. The second-order valence-corrected chi connectivity index (χ2v) is 8.45. The van der Waals surface area contributed by atoms with E-state index in [2.05, 4.69) is 29.1 Å². The minimum atomic E-state index is 0.125. The second-order valence-electron chi connectivity index (χ2n) is 7.39. The number of aromatic nitrogens is 3. The smallest absolute Gasteiger partial charge is 0.223 e. The number of hydrogen-bond acceptors (Lipinski definition) is 4. The summed E-state index contributed by atoms with van der Waals surface area (Å²) in [6.45, 7) is 4.94. The van der Waals surface area contributed by atoms with E-state index < -0.39 is 0 Å². The molecule has 142 valence electrons. The lowest BCUT2D eigenvalue weighted by Gasteiger charge is -2.34. The van der Waals surface area contributed by atoms with Crippen molar-refractivity contribution in [2.24, 2.45) is 7.05 Å². The third kappa shape index (κ3) is 3.50. The summed E-state index contributed by atoms with van der Waals surface area (Å²) < 4.78 is 3.10. The van der Waals surface area contributed by atoms with Gasteiger partial charge in [-0.3, -0.25) is 9.48 Å². The summed E-state index contributed by atoms with van der Waals surface area (Å²) in [7, 11) is 1.96. The lowest BCUT2D eigenvalue weighted by molar-refractivity contribution is -0.135. The molecule has 6 heteroatoms. The van der Waals surface area contributed by atoms with E-state index in [-0.39, 0.29) is 11.9 Å². The summed E-state index contributed by atoms with van der Waals surface area (Å²) in [6.07, 6.45) is 4.54. The van der Waals surface area contributed by atoms with E-state index in [1.165, 1.54) is 10.3 Å². The number of carbonyl (C=O) groups excluding carboxylic acids is 1. The Bertz CT molecular complexity index is 941. The largest absolute Gasteiger partial charge is 0.333 e. The van der Waals surface area contributed by atoms with Crippen molar-refractivity contribution in [2.75, 3.05) is 6.54 Å². The lowest BCUT2D eigenvalue weighted by Crippen LogP contribution is -2.38. The van der Waals surface area contributed by atoms with Crippen LogP contribution in [0.1, 0.15) is 53.7 Å². The SMILES string of the molecule is Cc1nn(C)c(C)c1CCC(=O)N1CCCCC1c1nc2ccccc2s1. The molecule has 0 N–H and O–H groups in total. The Balaban J connectivity index is 1.52. The van der Waals surface area contributed by atoms with Gasteiger partial charge in [0.15, 0.2) is 0 Å². The Labute approximate surface area is 164 Å². The van der Waals surface area contributed by atoms with E-state index in [9.17, 15) is 4.79 Å². The fourth-order valence-electron chi connectivity index (χ4n) is 4.07. The van der Waals surface area contributed by atoms with E-state index in [1.807, 2.05) is 30.8 Å². The summed E-state index contributed by atoms with van der Waals surface area (Å²) in [5, 5.41) is 5.55. The van der Waals surface area contributed by atoms with Crippen LogP contribution in [0.2, 0.25) is 0 Å². The van der Waals surface area contributed by atoms with Gasteiger partial charge in [-0.1, -0.05) is 12.1 Å². The molecule has 0 radical (unpaired) electrons. The van der Waals surface area contributed by atoms with Gasteiger partial charge in [0.05, 0.1) is 22.0 Å². The van der Waals surface area contributed by atoms with Crippen molar-refractivity contribution in [3.8, 4) is 0 Å². The summed E-state index contributed by atoms with van der Waals surface area (Å²) in [5.74, 6) is 0.238. The molecule has 1 aliphatic rings. The predicted octanol–water partition coefficient (Wildman–Crippen LogP) is 4.33. The van der Waals surface area contributed by atoms with Crippen LogP contribution in [0.25, 0.3) is 10.2 Å². The Morgan fingerprint density at radius 1 is 1.26 bits per heavy atom.